The molecule has 0 amide bonds. The van der Waals surface area contributed by atoms with Gasteiger partial charge in [0.05, 0.1) is 5.52 Å². The summed E-state index contributed by atoms with van der Waals surface area (Å²) >= 11 is 0. The van der Waals surface area contributed by atoms with Crippen molar-refractivity contribution in [3.8, 4) is 0 Å². The topological polar surface area (TPSA) is 22.0 Å². The van der Waals surface area contributed by atoms with Crippen molar-refractivity contribution in [1.82, 2.24) is 4.57 Å². The van der Waals surface area contributed by atoms with Gasteiger partial charge in [-0.25, -0.2) is 0 Å². The molecule has 0 N–H and O–H groups in total. The van der Waals surface area contributed by atoms with Gasteiger partial charge >= 0.3 is 0 Å². The summed E-state index contributed by atoms with van der Waals surface area (Å²) in [5.41, 5.74) is 3.54. The molecule has 0 aliphatic carbocycles. The maximum atomic E-state index is 12.3. The lowest BCUT2D eigenvalue weighted by Crippen LogP contribution is -2.17. The lowest BCUT2D eigenvalue weighted by Gasteiger charge is -2.11. The van der Waals surface area contributed by atoms with Crippen LogP contribution in [0.25, 0.3) is 21.7 Å². The molecule has 90 valence electrons. The zero-order valence-corrected chi connectivity index (χ0v) is 10.8. The van der Waals surface area contributed by atoms with E-state index in [9.17, 15) is 4.79 Å². The van der Waals surface area contributed by atoms with Crippen molar-refractivity contribution in [3.63, 3.8) is 0 Å². The second-order valence-corrected chi connectivity index (χ2v) is 4.86. The molecular weight excluding hydrogens is 222 g/mol. The van der Waals surface area contributed by atoms with Gasteiger partial charge in [0.2, 0.25) is 0 Å². The highest BCUT2D eigenvalue weighted by Crippen LogP contribution is 2.25. The van der Waals surface area contributed by atoms with Crippen LogP contribution in [0.15, 0.2) is 41.2 Å². The molecule has 18 heavy (non-hydrogen) atoms. The minimum absolute atomic E-state index is 0.0707. The number of fused-ring (bicyclic) bond motifs is 3. The summed E-state index contributed by atoms with van der Waals surface area (Å²) in [5.74, 6) is 0. The van der Waals surface area contributed by atoms with Crippen LogP contribution in [0, 0.1) is 13.8 Å². The molecule has 0 saturated heterocycles. The molecule has 0 atom stereocenters. The highest BCUT2D eigenvalue weighted by molar-refractivity contribution is 6.05. The maximum Gasteiger partial charge on any atom is 0.258 e. The predicted octanol–water partition coefficient (Wildman–Crippen LogP) is 3.31. The monoisotopic (exact) mass is 237 g/mol. The third-order valence-corrected chi connectivity index (χ3v) is 3.73. The smallest absolute Gasteiger partial charge is 0.258 e. The Morgan fingerprint density at radius 3 is 2.22 bits per heavy atom. The molecule has 0 aliphatic rings. The Bertz CT molecular complexity index is 828. The Morgan fingerprint density at radius 1 is 0.889 bits per heavy atom. The Balaban J connectivity index is 2.70. The van der Waals surface area contributed by atoms with Crippen LogP contribution in [0.1, 0.15) is 11.1 Å². The molecule has 0 radical (unpaired) electrons. The Kier molecular flexibility index (Phi) is 2.27. The van der Waals surface area contributed by atoms with Gasteiger partial charge in [-0.3, -0.25) is 4.79 Å². The van der Waals surface area contributed by atoms with Crippen LogP contribution in [0.4, 0.5) is 0 Å². The zero-order valence-electron chi connectivity index (χ0n) is 10.8. The largest absolute Gasteiger partial charge is 0.311 e. The van der Waals surface area contributed by atoms with Crippen molar-refractivity contribution >= 4 is 21.7 Å². The van der Waals surface area contributed by atoms with E-state index >= 15 is 0 Å². The number of rotatable bonds is 0. The summed E-state index contributed by atoms with van der Waals surface area (Å²) in [6.45, 7) is 4.18. The summed E-state index contributed by atoms with van der Waals surface area (Å²) < 4.78 is 1.74. The molecular formula is C16H15NO. The maximum absolute atomic E-state index is 12.3. The first-order valence-electron chi connectivity index (χ1n) is 6.08. The van der Waals surface area contributed by atoms with Crippen LogP contribution >= 0.6 is 0 Å². The number of hydrogen-bond acceptors (Lipinski definition) is 1. The van der Waals surface area contributed by atoms with E-state index < -0.39 is 0 Å². The minimum Gasteiger partial charge on any atom is -0.311 e. The summed E-state index contributed by atoms with van der Waals surface area (Å²) in [4.78, 5) is 12.3. The van der Waals surface area contributed by atoms with Crippen molar-refractivity contribution in [2.75, 3.05) is 0 Å². The van der Waals surface area contributed by atoms with Crippen molar-refractivity contribution in [2.24, 2.45) is 7.05 Å². The second kappa shape index (κ2) is 3.70. The van der Waals surface area contributed by atoms with Gasteiger partial charge in [-0.2, -0.15) is 0 Å². The van der Waals surface area contributed by atoms with Crippen LogP contribution in [0.2, 0.25) is 0 Å². The van der Waals surface area contributed by atoms with Crippen molar-refractivity contribution in [2.45, 2.75) is 13.8 Å². The van der Waals surface area contributed by atoms with E-state index in [1.165, 1.54) is 11.1 Å². The third-order valence-electron chi connectivity index (χ3n) is 3.73. The second-order valence-electron chi connectivity index (χ2n) is 4.86. The van der Waals surface area contributed by atoms with E-state index in [0.29, 0.717) is 0 Å². The number of aryl methyl sites for hydroxylation is 3. The fourth-order valence-electron chi connectivity index (χ4n) is 2.49. The molecule has 3 aromatic rings. The quantitative estimate of drug-likeness (QED) is 0.550. The molecule has 2 heteroatoms. The van der Waals surface area contributed by atoms with Gasteiger partial charge in [-0.1, -0.05) is 18.2 Å². The van der Waals surface area contributed by atoms with Gasteiger partial charge in [0.15, 0.2) is 0 Å². The van der Waals surface area contributed by atoms with E-state index in [-0.39, 0.29) is 5.56 Å². The predicted molar refractivity (Wildman–Crippen MR) is 76.2 cm³/mol. The standard InChI is InChI=1S/C16H15NO/c1-10-8-14-12-6-4-5-7-13(12)16(18)17(3)15(14)9-11(10)2/h4-9H,1-3H3. The summed E-state index contributed by atoms with van der Waals surface area (Å²) in [5, 5.41) is 2.98. The SMILES string of the molecule is Cc1cc2c3ccccc3c(=O)n(C)c2cc1C. The first kappa shape index (κ1) is 11.0. The number of pyridine rings is 1. The first-order valence-corrected chi connectivity index (χ1v) is 6.08. The molecule has 0 aliphatic heterocycles. The van der Waals surface area contributed by atoms with E-state index in [2.05, 4.69) is 26.0 Å². The van der Waals surface area contributed by atoms with Gasteiger partial charge in [-0.05, 0) is 48.6 Å². The number of nitrogens with zero attached hydrogens (tertiary/aromatic N) is 1. The fourth-order valence-corrected chi connectivity index (χ4v) is 2.49. The molecule has 3 rings (SSSR count). The van der Waals surface area contributed by atoms with Gasteiger partial charge in [0.25, 0.3) is 5.56 Å². The lowest BCUT2D eigenvalue weighted by atomic mass is 10.0. The first-order chi connectivity index (χ1) is 8.59. The number of hydrogen-bond donors (Lipinski definition) is 0. The zero-order chi connectivity index (χ0) is 12.9. The van der Waals surface area contributed by atoms with E-state index in [0.717, 1.165) is 21.7 Å². The van der Waals surface area contributed by atoms with Crippen molar-refractivity contribution in [3.05, 3.63) is 57.9 Å². The van der Waals surface area contributed by atoms with Crippen molar-refractivity contribution < 1.29 is 0 Å². The van der Waals surface area contributed by atoms with Gasteiger partial charge < -0.3 is 4.57 Å². The third kappa shape index (κ3) is 1.39. The van der Waals surface area contributed by atoms with Crippen LogP contribution in [0.5, 0.6) is 0 Å². The van der Waals surface area contributed by atoms with Crippen LogP contribution in [-0.2, 0) is 7.05 Å². The van der Waals surface area contributed by atoms with Crippen LogP contribution in [0.3, 0.4) is 0 Å². The number of benzene rings is 2. The molecule has 2 nitrogen and oxygen atoms in total. The summed E-state index contributed by atoms with van der Waals surface area (Å²) in [6, 6.07) is 12.1. The van der Waals surface area contributed by atoms with Crippen molar-refractivity contribution in [1.29, 1.82) is 0 Å². The van der Waals surface area contributed by atoms with E-state index in [1.54, 1.807) is 4.57 Å². The Hall–Kier alpha value is -2.09. The molecule has 0 unspecified atom stereocenters. The van der Waals surface area contributed by atoms with Gasteiger partial charge in [-0.15, -0.1) is 0 Å². The van der Waals surface area contributed by atoms with Gasteiger partial charge in [0, 0.05) is 17.8 Å². The van der Waals surface area contributed by atoms with E-state index in [4.69, 9.17) is 0 Å². The Labute approximate surface area is 105 Å². The molecule has 0 saturated carbocycles. The molecule has 0 bridgehead atoms. The molecule has 0 spiro atoms. The normalized spacial score (nSPS) is 11.3. The molecule has 1 aromatic heterocycles. The molecule has 1 heterocycles. The lowest BCUT2D eigenvalue weighted by molar-refractivity contribution is 0.917. The minimum atomic E-state index is 0.0707. The molecule has 0 fully saturated rings. The summed E-state index contributed by atoms with van der Waals surface area (Å²) in [7, 11) is 1.84. The fraction of sp³-hybridized carbons (Fsp3) is 0.188. The number of aromatic nitrogens is 1. The average molecular weight is 237 g/mol. The average Bonchev–Trinajstić information content (AvgIpc) is 2.38. The summed E-state index contributed by atoms with van der Waals surface area (Å²) in [6.07, 6.45) is 0. The van der Waals surface area contributed by atoms with Gasteiger partial charge in [0.1, 0.15) is 0 Å². The highest BCUT2D eigenvalue weighted by atomic mass is 16.1. The van der Waals surface area contributed by atoms with Crippen LogP contribution in [-0.4, -0.2) is 4.57 Å². The van der Waals surface area contributed by atoms with Crippen LogP contribution < -0.4 is 5.56 Å². The highest BCUT2D eigenvalue weighted by Gasteiger charge is 2.08. The van der Waals surface area contributed by atoms with E-state index in [1.807, 2.05) is 31.3 Å². The molecule has 2 aromatic carbocycles. The Morgan fingerprint density at radius 2 is 1.50 bits per heavy atom.